The largest absolute Gasteiger partial charge is 0.378 e. The molecule has 0 atom stereocenters. The van der Waals surface area contributed by atoms with E-state index in [9.17, 15) is 9.59 Å². The summed E-state index contributed by atoms with van der Waals surface area (Å²) in [6.07, 6.45) is 0. The third-order valence-electron chi connectivity index (χ3n) is 5.84. The minimum Gasteiger partial charge on any atom is -0.378 e. The van der Waals surface area contributed by atoms with Crippen molar-refractivity contribution in [3.63, 3.8) is 0 Å². The van der Waals surface area contributed by atoms with Gasteiger partial charge in [0.1, 0.15) is 11.4 Å². The number of hydrogen-bond donors (Lipinski definition) is 2. The fraction of sp³-hybridized carbons (Fsp3) is 0.538. The maximum Gasteiger partial charge on any atom is 0.267 e. The zero-order valence-corrected chi connectivity index (χ0v) is 21.8. The first-order chi connectivity index (χ1) is 18.5. The predicted molar refractivity (Wildman–Crippen MR) is 139 cm³/mol. The summed E-state index contributed by atoms with van der Waals surface area (Å²) in [5.74, 6) is -1.09. The van der Waals surface area contributed by atoms with Gasteiger partial charge in [-0.05, 0) is 24.3 Å². The number of carbonyl (C=O) groups excluding carboxylic acids is 2. The van der Waals surface area contributed by atoms with Crippen LogP contribution in [-0.4, -0.2) is 111 Å². The van der Waals surface area contributed by atoms with Crippen molar-refractivity contribution < 1.29 is 28.5 Å². The van der Waals surface area contributed by atoms with E-state index in [0.29, 0.717) is 92.1 Å². The minimum absolute atomic E-state index is 0.250. The molecule has 1 saturated heterocycles. The predicted octanol–water partition coefficient (Wildman–Crippen LogP) is 0.0586. The van der Waals surface area contributed by atoms with Gasteiger partial charge in [0.05, 0.1) is 64.2 Å². The van der Waals surface area contributed by atoms with E-state index in [0.717, 1.165) is 11.4 Å². The molecule has 38 heavy (non-hydrogen) atoms. The summed E-state index contributed by atoms with van der Waals surface area (Å²) in [5, 5.41) is 0. The lowest BCUT2D eigenvalue weighted by molar-refractivity contribution is 0.00598. The monoisotopic (exact) mass is 530 g/mol. The Morgan fingerprint density at radius 2 is 0.947 bits per heavy atom. The lowest BCUT2D eigenvalue weighted by Crippen LogP contribution is -2.33. The van der Waals surface area contributed by atoms with Gasteiger partial charge in [-0.1, -0.05) is 12.1 Å². The molecular formula is C26H38N6O6. The summed E-state index contributed by atoms with van der Waals surface area (Å²) in [7, 11) is 0. The number of hydrogen-bond acceptors (Lipinski definition) is 10. The molecule has 0 radical (unpaired) electrons. The van der Waals surface area contributed by atoms with Gasteiger partial charge < -0.3 is 30.4 Å². The smallest absolute Gasteiger partial charge is 0.267 e. The molecule has 0 unspecified atom stereocenters. The van der Waals surface area contributed by atoms with Crippen LogP contribution >= 0.6 is 0 Å². The number of aromatic nitrogens is 2. The molecule has 1 aliphatic heterocycles. The van der Waals surface area contributed by atoms with Crippen LogP contribution in [0.2, 0.25) is 0 Å². The van der Waals surface area contributed by atoms with E-state index >= 15 is 0 Å². The third-order valence-corrected chi connectivity index (χ3v) is 5.84. The lowest BCUT2D eigenvalue weighted by atomic mass is 10.2. The van der Waals surface area contributed by atoms with Gasteiger partial charge >= 0.3 is 0 Å². The Morgan fingerprint density at radius 1 is 0.605 bits per heavy atom. The molecule has 3 rings (SSSR count). The highest BCUT2D eigenvalue weighted by Crippen LogP contribution is 2.06. The molecule has 0 aliphatic carbocycles. The highest BCUT2D eigenvalue weighted by molar-refractivity contribution is 5.91. The van der Waals surface area contributed by atoms with Gasteiger partial charge in [-0.2, -0.15) is 0 Å². The van der Waals surface area contributed by atoms with E-state index in [2.05, 4.69) is 19.8 Å². The van der Waals surface area contributed by atoms with Crippen LogP contribution in [0.4, 0.5) is 0 Å². The number of primary amides is 2. The second kappa shape index (κ2) is 16.8. The van der Waals surface area contributed by atoms with Gasteiger partial charge in [0.15, 0.2) is 0 Å². The molecule has 208 valence electrons. The Kier molecular flexibility index (Phi) is 13.0. The second-order valence-electron chi connectivity index (χ2n) is 8.76. The number of nitrogens with two attached hydrogens (primary N) is 2. The van der Waals surface area contributed by atoms with Gasteiger partial charge in [0.2, 0.25) is 0 Å². The van der Waals surface area contributed by atoms with E-state index in [-0.39, 0.29) is 11.4 Å². The van der Waals surface area contributed by atoms with Gasteiger partial charge in [-0.25, -0.2) is 9.97 Å². The third kappa shape index (κ3) is 11.2. The molecule has 2 aromatic rings. The standard InChI is InChI=1S/C26H38N6O6/c27-25(33)23-5-1-3-21(29-23)19-31-7-11-35-15-17-37-13-9-32(10-14-38-18-16-36-12-8-31)20-22-4-2-6-24(30-22)26(28)34/h1-6H,7-20H2,(H2,27,33)(H2,28,34). The zero-order valence-electron chi connectivity index (χ0n) is 21.8. The summed E-state index contributed by atoms with van der Waals surface area (Å²) >= 11 is 0. The maximum absolute atomic E-state index is 11.5. The van der Waals surface area contributed by atoms with Crippen LogP contribution in [0.5, 0.6) is 0 Å². The Balaban J connectivity index is 1.48. The van der Waals surface area contributed by atoms with Crippen molar-refractivity contribution in [1.29, 1.82) is 0 Å². The fourth-order valence-electron chi connectivity index (χ4n) is 3.83. The number of ether oxygens (including phenoxy) is 4. The molecule has 0 aromatic carbocycles. The molecule has 12 heteroatoms. The number of amides is 2. The van der Waals surface area contributed by atoms with E-state index in [1.54, 1.807) is 24.3 Å². The number of rotatable bonds is 6. The Bertz CT molecular complexity index is 910. The van der Waals surface area contributed by atoms with Crippen LogP contribution in [0.25, 0.3) is 0 Å². The molecule has 0 spiro atoms. The van der Waals surface area contributed by atoms with Crippen molar-refractivity contribution in [2.24, 2.45) is 11.5 Å². The molecule has 2 aromatic heterocycles. The molecule has 0 saturated carbocycles. The van der Waals surface area contributed by atoms with Gasteiger partial charge in [-0.3, -0.25) is 19.4 Å². The molecular weight excluding hydrogens is 492 g/mol. The average molecular weight is 531 g/mol. The van der Waals surface area contributed by atoms with Crippen LogP contribution in [-0.2, 0) is 32.0 Å². The highest BCUT2D eigenvalue weighted by atomic mass is 16.5. The summed E-state index contributed by atoms with van der Waals surface area (Å²) < 4.78 is 23.1. The first-order valence-corrected chi connectivity index (χ1v) is 12.8. The molecule has 3 heterocycles. The summed E-state index contributed by atoms with van der Waals surface area (Å²) in [6, 6.07) is 10.5. The SMILES string of the molecule is NC(=O)c1cccc(CN2CCOCCOCCN(Cc3cccc(C(N)=O)n3)CCOCCOCC2)n1. The van der Waals surface area contributed by atoms with Crippen molar-refractivity contribution in [3.05, 3.63) is 59.2 Å². The Morgan fingerprint density at radius 3 is 1.26 bits per heavy atom. The maximum atomic E-state index is 11.5. The molecule has 0 bridgehead atoms. The normalized spacial score (nSPS) is 18.3. The minimum atomic E-state index is -0.546. The molecule has 1 aliphatic rings. The summed E-state index contributed by atoms with van der Waals surface area (Å²) in [4.78, 5) is 35.9. The van der Waals surface area contributed by atoms with Gasteiger partial charge in [-0.15, -0.1) is 0 Å². The van der Waals surface area contributed by atoms with E-state index in [1.165, 1.54) is 0 Å². The Labute approximate surface area is 223 Å². The van der Waals surface area contributed by atoms with E-state index < -0.39 is 11.8 Å². The molecule has 4 N–H and O–H groups in total. The van der Waals surface area contributed by atoms with Crippen LogP contribution < -0.4 is 11.5 Å². The van der Waals surface area contributed by atoms with Gasteiger partial charge in [0, 0.05) is 39.3 Å². The van der Waals surface area contributed by atoms with Crippen molar-refractivity contribution in [2.45, 2.75) is 13.1 Å². The van der Waals surface area contributed by atoms with E-state index in [1.807, 2.05) is 12.1 Å². The highest BCUT2D eigenvalue weighted by Gasteiger charge is 2.12. The molecule has 2 amide bonds. The number of pyridine rings is 2. The first-order valence-electron chi connectivity index (χ1n) is 12.8. The zero-order chi connectivity index (χ0) is 27.0. The summed E-state index contributed by atoms with van der Waals surface area (Å²) in [5.41, 5.74) is 12.7. The van der Waals surface area contributed by atoms with Crippen molar-refractivity contribution >= 4 is 11.8 Å². The first kappa shape index (κ1) is 29.6. The van der Waals surface area contributed by atoms with Crippen LogP contribution in [0, 0.1) is 0 Å². The van der Waals surface area contributed by atoms with E-state index in [4.69, 9.17) is 30.4 Å². The van der Waals surface area contributed by atoms with Crippen LogP contribution in [0.3, 0.4) is 0 Å². The quantitative estimate of drug-likeness (QED) is 0.524. The topological polar surface area (TPSA) is 155 Å². The Hall–Kier alpha value is -3.00. The van der Waals surface area contributed by atoms with Crippen LogP contribution in [0.1, 0.15) is 32.4 Å². The van der Waals surface area contributed by atoms with Crippen molar-refractivity contribution in [1.82, 2.24) is 19.8 Å². The van der Waals surface area contributed by atoms with Gasteiger partial charge in [0.25, 0.3) is 11.8 Å². The molecule has 1 fully saturated rings. The lowest BCUT2D eigenvalue weighted by Gasteiger charge is -2.23. The fourth-order valence-corrected chi connectivity index (χ4v) is 3.83. The second-order valence-corrected chi connectivity index (χ2v) is 8.76. The average Bonchev–Trinajstić information content (AvgIpc) is 2.91. The number of nitrogens with zero attached hydrogens (tertiary/aromatic N) is 4. The van der Waals surface area contributed by atoms with Crippen LogP contribution in [0.15, 0.2) is 36.4 Å². The van der Waals surface area contributed by atoms with Crippen molar-refractivity contribution in [2.75, 3.05) is 79.0 Å². The molecule has 12 nitrogen and oxygen atoms in total. The number of carbonyl (C=O) groups is 2. The summed E-state index contributed by atoms with van der Waals surface area (Å²) in [6.45, 7) is 7.80. The van der Waals surface area contributed by atoms with Crippen molar-refractivity contribution in [3.8, 4) is 0 Å².